The van der Waals surface area contributed by atoms with E-state index in [1.54, 1.807) is 0 Å². The molecule has 126 valence electrons. The Balaban J connectivity index is 0.00000400. The predicted octanol–water partition coefficient (Wildman–Crippen LogP) is 1.92. The van der Waals surface area contributed by atoms with Crippen LogP contribution >= 0.6 is 24.0 Å². The number of hydrogen-bond acceptors (Lipinski definition) is 3. The lowest BCUT2D eigenvalue weighted by Crippen LogP contribution is -2.47. The van der Waals surface area contributed by atoms with Crippen LogP contribution in [0.25, 0.3) is 0 Å². The van der Waals surface area contributed by atoms with Crippen molar-refractivity contribution in [2.75, 3.05) is 39.9 Å². The number of nitrogens with one attached hydrogen (secondary N) is 2. The van der Waals surface area contributed by atoms with Crippen LogP contribution in [0.1, 0.15) is 34.1 Å². The molecule has 21 heavy (non-hydrogen) atoms. The van der Waals surface area contributed by atoms with E-state index in [0.717, 1.165) is 45.2 Å². The molecule has 0 amide bonds. The van der Waals surface area contributed by atoms with Gasteiger partial charge in [-0.2, -0.15) is 0 Å². The van der Waals surface area contributed by atoms with E-state index < -0.39 is 0 Å². The SMILES string of the molecule is CCOCCCNC(=NC)NC1CN(C(C)C)CC1C.I. The molecule has 0 aromatic heterocycles. The van der Waals surface area contributed by atoms with Crippen molar-refractivity contribution in [2.45, 2.75) is 46.2 Å². The van der Waals surface area contributed by atoms with E-state index in [4.69, 9.17) is 4.74 Å². The summed E-state index contributed by atoms with van der Waals surface area (Å²) >= 11 is 0. The first-order chi connectivity index (χ1) is 9.58. The molecule has 0 aliphatic carbocycles. The fourth-order valence-corrected chi connectivity index (χ4v) is 2.51. The smallest absolute Gasteiger partial charge is 0.191 e. The fraction of sp³-hybridized carbons (Fsp3) is 0.933. The number of ether oxygens (including phenoxy) is 1. The van der Waals surface area contributed by atoms with E-state index in [1.165, 1.54) is 0 Å². The van der Waals surface area contributed by atoms with Crippen LogP contribution < -0.4 is 10.6 Å². The zero-order chi connectivity index (χ0) is 15.0. The van der Waals surface area contributed by atoms with E-state index in [0.29, 0.717) is 18.0 Å². The molecule has 1 heterocycles. The monoisotopic (exact) mass is 412 g/mol. The molecule has 0 saturated carbocycles. The predicted molar refractivity (Wildman–Crippen MR) is 101 cm³/mol. The average Bonchev–Trinajstić information content (AvgIpc) is 2.78. The van der Waals surface area contributed by atoms with Gasteiger partial charge in [-0.15, -0.1) is 24.0 Å². The zero-order valence-electron chi connectivity index (χ0n) is 14.2. The van der Waals surface area contributed by atoms with Gasteiger partial charge in [0.1, 0.15) is 0 Å². The minimum Gasteiger partial charge on any atom is -0.382 e. The van der Waals surface area contributed by atoms with Crippen molar-refractivity contribution in [1.82, 2.24) is 15.5 Å². The topological polar surface area (TPSA) is 48.9 Å². The Morgan fingerprint density at radius 3 is 2.62 bits per heavy atom. The van der Waals surface area contributed by atoms with Gasteiger partial charge in [0.25, 0.3) is 0 Å². The van der Waals surface area contributed by atoms with Crippen molar-refractivity contribution < 1.29 is 4.74 Å². The van der Waals surface area contributed by atoms with Crippen LogP contribution in [0.3, 0.4) is 0 Å². The minimum atomic E-state index is 0. The van der Waals surface area contributed by atoms with Gasteiger partial charge in [0.2, 0.25) is 0 Å². The first-order valence-corrected chi connectivity index (χ1v) is 7.87. The van der Waals surface area contributed by atoms with Gasteiger partial charge < -0.3 is 15.4 Å². The summed E-state index contributed by atoms with van der Waals surface area (Å²) in [6, 6.07) is 1.10. The molecule has 0 aromatic rings. The van der Waals surface area contributed by atoms with Crippen LogP contribution in [0.15, 0.2) is 4.99 Å². The molecule has 0 radical (unpaired) electrons. The van der Waals surface area contributed by atoms with Crippen molar-refractivity contribution in [3.8, 4) is 0 Å². The molecule has 0 aromatic carbocycles. The van der Waals surface area contributed by atoms with Crippen LogP contribution in [0.2, 0.25) is 0 Å². The lowest BCUT2D eigenvalue weighted by Gasteiger charge is -2.21. The summed E-state index contributed by atoms with van der Waals surface area (Å²) in [4.78, 5) is 6.83. The molecule has 0 spiro atoms. The molecule has 2 atom stereocenters. The third-order valence-electron chi connectivity index (χ3n) is 3.88. The summed E-state index contributed by atoms with van der Waals surface area (Å²) in [6.45, 7) is 13.6. The normalized spacial score (nSPS) is 23.2. The van der Waals surface area contributed by atoms with E-state index >= 15 is 0 Å². The number of hydrogen-bond donors (Lipinski definition) is 2. The van der Waals surface area contributed by atoms with Gasteiger partial charge in [0.05, 0.1) is 0 Å². The molecular formula is C15H33IN4O. The van der Waals surface area contributed by atoms with Gasteiger partial charge in [-0.05, 0) is 33.1 Å². The standard InChI is InChI=1S/C15H32N4O.HI/c1-6-20-9-7-8-17-15(16-5)18-14-11-19(12(2)3)10-13(14)4;/h12-14H,6-11H2,1-5H3,(H2,16,17,18);1H. The summed E-state index contributed by atoms with van der Waals surface area (Å²) in [5, 5.41) is 6.91. The van der Waals surface area contributed by atoms with Crippen molar-refractivity contribution in [3.63, 3.8) is 0 Å². The summed E-state index contributed by atoms with van der Waals surface area (Å²) < 4.78 is 5.33. The summed E-state index contributed by atoms with van der Waals surface area (Å²) in [6.07, 6.45) is 1.01. The molecule has 2 N–H and O–H groups in total. The third kappa shape index (κ3) is 7.65. The molecule has 2 unspecified atom stereocenters. The second kappa shape index (κ2) is 11.5. The van der Waals surface area contributed by atoms with Crippen molar-refractivity contribution >= 4 is 29.9 Å². The highest BCUT2D eigenvalue weighted by Gasteiger charge is 2.31. The number of rotatable bonds is 7. The fourth-order valence-electron chi connectivity index (χ4n) is 2.51. The summed E-state index contributed by atoms with van der Waals surface area (Å²) in [7, 11) is 1.83. The summed E-state index contributed by atoms with van der Waals surface area (Å²) in [5.41, 5.74) is 0. The van der Waals surface area contributed by atoms with E-state index in [9.17, 15) is 0 Å². The maximum absolute atomic E-state index is 5.33. The zero-order valence-corrected chi connectivity index (χ0v) is 16.5. The van der Waals surface area contributed by atoms with Crippen LogP contribution in [0, 0.1) is 5.92 Å². The lowest BCUT2D eigenvalue weighted by atomic mass is 10.1. The van der Waals surface area contributed by atoms with Crippen molar-refractivity contribution in [3.05, 3.63) is 0 Å². The first kappa shape index (κ1) is 20.9. The number of guanidine groups is 1. The van der Waals surface area contributed by atoms with Crippen LogP contribution in [-0.4, -0.2) is 62.8 Å². The Labute approximate surface area is 147 Å². The van der Waals surface area contributed by atoms with Crippen LogP contribution in [0.5, 0.6) is 0 Å². The van der Waals surface area contributed by atoms with Gasteiger partial charge in [0, 0.05) is 52.0 Å². The highest BCUT2D eigenvalue weighted by Crippen LogP contribution is 2.18. The molecule has 1 rings (SSSR count). The maximum atomic E-state index is 5.33. The largest absolute Gasteiger partial charge is 0.382 e. The Hall–Kier alpha value is -0.0800. The Morgan fingerprint density at radius 1 is 1.38 bits per heavy atom. The van der Waals surface area contributed by atoms with Crippen LogP contribution in [0.4, 0.5) is 0 Å². The Morgan fingerprint density at radius 2 is 2.10 bits per heavy atom. The molecule has 6 heteroatoms. The highest BCUT2D eigenvalue weighted by atomic mass is 127. The van der Waals surface area contributed by atoms with E-state index in [-0.39, 0.29) is 24.0 Å². The van der Waals surface area contributed by atoms with Gasteiger partial charge in [0.15, 0.2) is 5.96 Å². The second-order valence-corrected chi connectivity index (χ2v) is 5.83. The number of aliphatic imine (C=N–C) groups is 1. The molecule has 5 nitrogen and oxygen atoms in total. The quantitative estimate of drug-likeness (QED) is 0.290. The maximum Gasteiger partial charge on any atom is 0.191 e. The van der Waals surface area contributed by atoms with Crippen LogP contribution in [-0.2, 0) is 4.74 Å². The average molecular weight is 412 g/mol. The number of likely N-dealkylation sites (tertiary alicyclic amines) is 1. The minimum absolute atomic E-state index is 0. The van der Waals surface area contributed by atoms with Gasteiger partial charge in [-0.3, -0.25) is 9.89 Å². The highest BCUT2D eigenvalue weighted by molar-refractivity contribution is 14.0. The molecule has 1 saturated heterocycles. The molecular weight excluding hydrogens is 379 g/mol. The Bertz CT molecular complexity index is 299. The summed E-state index contributed by atoms with van der Waals surface area (Å²) in [5.74, 6) is 1.56. The molecule has 1 aliphatic heterocycles. The van der Waals surface area contributed by atoms with E-state index in [2.05, 4.69) is 41.3 Å². The second-order valence-electron chi connectivity index (χ2n) is 5.83. The molecule has 1 fully saturated rings. The molecule has 1 aliphatic rings. The first-order valence-electron chi connectivity index (χ1n) is 7.87. The molecule has 0 bridgehead atoms. The van der Waals surface area contributed by atoms with Gasteiger partial charge >= 0.3 is 0 Å². The Kier molecular flexibility index (Phi) is 11.4. The number of nitrogens with zero attached hydrogens (tertiary/aromatic N) is 2. The van der Waals surface area contributed by atoms with Gasteiger partial charge in [-0.25, -0.2) is 0 Å². The van der Waals surface area contributed by atoms with Crippen molar-refractivity contribution in [1.29, 1.82) is 0 Å². The van der Waals surface area contributed by atoms with Crippen molar-refractivity contribution in [2.24, 2.45) is 10.9 Å². The number of halogens is 1. The van der Waals surface area contributed by atoms with E-state index in [1.807, 2.05) is 14.0 Å². The third-order valence-corrected chi connectivity index (χ3v) is 3.88. The lowest BCUT2D eigenvalue weighted by molar-refractivity contribution is 0.145. The van der Waals surface area contributed by atoms with Gasteiger partial charge in [-0.1, -0.05) is 6.92 Å².